The predicted molar refractivity (Wildman–Crippen MR) is 138 cm³/mol. The van der Waals surface area contributed by atoms with Crippen LogP contribution in [0.5, 0.6) is 0 Å². The van der Waals surface area contributed by atoms with Crippen molar-refractivity contribution in [3.05, 3.63) is 80.9 Å². The summed E-state index contributed by atoms with van der Waals surface area (Å²) in [6, 6.07) is 6.11. The fourth-order valence-electron chi connectivity index (χ4n) is 4.80. The molecule has 2 aromatic heterocycles. The molecule has 2 aliphatic rings. The molecule has 3 N–H and O–H groups in total. The largest absolute Gasteiger partial charge is 0.365 e. The van der Waals surface area contributed by atoms with Crippen LogP contribution in [0.3, 0.4) is 0 Å². The lowest BCUT2D eigenvalue weighted by atomic mass is 9.91. The van der Waals surface area contributed by atoms with Gasteiger partial charge in [-0.25, -0.2) is 4.98 Å². The Morgan fingerprint density at radius 1 is 1.19 bits per heavy atom. The molecule has 2 amide bonds. The molecular weight excluding hydrogens is 456 g/mol. The van der Waals surface area contributed by atoms with Gasteiger partial charge in [-0.05, 0) is 60.9 Å². The van der Waals surface area contributed by atoms with Crippen molar-refractivity contribution in [2.75, 3.05) is 19.4 Å². The van der Waals surface area contributed by atoms with Gasteiger partial charge in [0.25, 0.3) is 5.91 Å². The fourth-order valence-corrected chi connectivity index (χ4v) is 4.80. The number of nitrogens with two attached hydrogens (primary N) is 1. The molecule has 0 aliphatic heterocycles. The second-order valence-electron chi connectivity index (χ2n) is 9.56. The van der Waals surface area contributed by atoms with Gasteiger partial charge in [0.15, 0.2) is 5.65 Å². The van der Waals surface area contributed by atoms with Gasteiger partial charge in [0.05, 0.1) is 5.39 Å². The van der Waals surface area contributed by atoms with Gasteiger partial charge in [0, 0.05) is 43.4 Å². The molecule has 2 aliphatic carbocycles. The number of nitrogens with one attached hydrogen (secondary N) is 1. The van der Waals surface area contributed by atoms with Crippen molar-refractivity contribution in [1.29, 1.82) is 0 Å². The number of anilines is 1. The molecule has 0 spiro atoms. The van der Waals surface area contributed by atoms with E-state index in [2.05, 4.69) is 27.4 Å². The highest BCUT2D eigenvalue weighted by Gasteiger charge is 2.22. The third-order valence-corrected chi connectivity index (χ3v) is 6.81. The van der Waals surface area contributed by atoms with E-state index < -0.39 is 11.3 Å². The summed E-state index contributed by atoms with van der Waals surface area (Å²) in [5.74, 6) is -0.472. The number of nitrogens with zero attached hydrogens (tertiary/aromatic N) is 4. The zero-order valence-electron chi connectivity index (χ0n) is 20.5. The molecule has 0 saturated heterocycles. The van der Waals surface area contributed by atoms with Crippen LogP contribution in [0.4, 0.5) is 5.95 Å². The Hall–Kier alpha value is -4.27. The summed E-state index contributed by atoms with van der Waals surface area (Å²) >= 11 is 0. The van der Waals surface area contributed by atoms with Crippen molar-refractivity contribution >= 4 is 28.8 Å². The van der Waals surface area contributed by atoms with E-state index in [1.54, 1.807) is 23.6 Å². The SMILES string of the molecule is CC1CC=C(Nc2ncc3c(=O)c(C(N)=O)cn(-c4ccc5c(c4)CCC5)c3n2)C=C1C(=O)N(C)C. The number of likely N-dealkylation sites (N-methyl/N-ethyl adjacent to an activating group) is 1. The van der Waals surface area contributed by atoms with Gasteiger partial charge in [0.1, 0.15) is 5.56 Å². The zero-order valence-corrected chi connectivity index (χ0v) is 20.5. The molecule has 1 unspecified atom stereocenters. The monoisotopic (exact) mass is 484 g/mol. The summed E-state index contributed by atoms with van der Waals surface area (Å²) < 4.78 is 1.72. The molecule has 2 heterocycles. The van der Waals surface area contributed by atoms with E-state index in [-0.39, 0.29) is 28.7 Å². The third kappa shape index (κ3) is 4.17. The highest BCUT2D eigenvalue weighted by molar-refractivity contribution is 5.96. The first-order chi connectivity index (χ1) is 17.2. The molecule has 3 aromatic rings. The van der Waals surface area contributed by atoms with Crippen molar-refractivity contribution in [3.8, 4) is 5.69 Å². The lowest BCUT2D eigenvalue weighted by Gasteiger charge is -2.22. The number of benzene rings is 1. The molecule has 0 saturated carbocycles. The normalized spacial score (nSPS) is 16.8. The second kappa shape index (κ2) is 9.07. The summed E-state index contributed by atoms with van der Waals surface area (Å²) in [5, 5.41) is 3.38. The average Bonchev–Trinajstić information content (AvgIpc) is 3.33. The molecule has 0 fully saturated rings. The Kier molecular flexibility index (Phi) is 5.91. The Morgan fingerprint density at radius 2 is 1.97 bits per heavy atom. The summed E-state index contributed by atoms with van der Waals surface area (Å²) in [5.41, 5.74) is 10.0. The van der Waals surface area contributed by atoms with E-state index >= 15 is 0 Å². The summed E-state index contributed by atoms with van der Waals surface area (Å²) in [6.45, 7) is 2.01. The van der Waals surface area contributed by atoms with Gasteiger partial charge < -0.3 is 20.5 Å². The van der Waals surface area contributed by atoms with Gasteiger partial charge in [0.2, 0.25) is 17.3 Å². The number of carbonyl (C=O) groups is 2. The first-order valence-electron chi connectivity index (χ1n) is 12.0. The topological polar surface area (TPSA) is 123 Å². The molecule has 0 radical (unpaired) electrons. The maximum absolute atomic E-state index is 13.0. The fraction of sp³-hybridized carbons (Fsp3) is 0.296. The molecule has 5 rings (SSSR count). The van der Waals surface area contributed by atoms with Crippen LogP contribution in [0.1, 0.15) is 41.3 Å². The number of hydrogen-bond acceptors (Lipinski definition) is 6. The predicted octanol–water partition coefficient (Wildman–Crippen LogP) is 2.72. The molecular formula is C27H28N6O3. The Bertz CT molecular complexity index is 1530. The second-order valence-corrected chi connectivity index (χ2v) is 9.56. The number of carbonyl (C=O) groups excluding carboxylic acids is 2. The Labute approximate surface area is 208 Å². The summed E-state index contributed by atoms with van der Waals surface area (Å²) in [4.78, 5) is 48.1. The van der Waals surface area contributed by atoms with Crippen molar-refractivity contribution in [2.24, 2.45) is 11.7 Å². The number of allylic oxidation sites excluding steroid dienone is 2. The number of amides is 2. The molecule has 9 heteroatoms. The number of fused-ring (bicyclic) bond motifs is 2. The van der Waals surface area contributed by atoms with Crippen LogP contribution in [0.15, 0.2) is 58.8 Å². The molecule has 1 aromatic carbocycles. The highest BCUT2D eigenvalue weighted by atomic mass is 16.2. The van der Waals surface area contributed by atoms with Crippen molar-refractivity contribution in [1.82, 2.24) is 19.4 Å². The van der Waals surface area contributed by atoms with Crippen molar-refractivity contribution in [3.63, 3.8) is 0 Å². The standard InChI is InChI=1S/C27H28N6O3/c1-15-7-9-18(12-20(15)26(36)32(2)3)30-27-29-13-21-23(34)22(24(28)35)14-33(25(21)31-27)19-10-8-16-5-4-6-17(16)11-19/h8-15H,4-7H2,1-3H3,(H2,28,35)(H,29,30,31). The van der Waals surface area contributed by atoms with E-state index in [0.717, 1.165) is 24.9 Å². The van der Waals surface area contributed by atoms with Crippen LogP contribution < -0.4 is 16.5 Å². The lowest BCUT2D eigenvalue weighted by molar-refractivity contribution is -0.125. The number of hydrogen-bond donors (Lipinski definition) is 2. The maximum atomic E-state index is 13.0. The van der Waals surface area contributed by atoms with Crippen LogP contribution in [0.25, 0.3) is 16.7 Å². The van der Waals surface area contributed by atoms with Crippen molar-refractivity contribution < 1.29 is 9.59 Å². The lowest BCUT2D eigenvalue weighted by Crippen LogP contribution is -2.28. The van der Waals surface area contributed by atoms with Crippen molar-refractivity contribution in [2.45, 2.75) is 32.6 Å². The first-order valence-corrected chi connectivity index (χ1v) is 12.0. The minimum atomic E-state index is -0.802. The number of pyridine rings is 1. The quantitative estimate of drug-likeness (QED) is 0.574. The average molecular weight is 485 g/mol. The van der Waals surface area contributed by atoms with E-state index in [1.165, 1.54) is 23.5 Å². The minimum absolute atomic E-state index is 0.0428. The molecule has 1 atom stereocenters. The summed E-state index contributed by atoms with van der Waals surface area (Å²) in [6.07, 6.45) is 10.5. The van der Waals surface area contributed by atoms with E-state index in [4.69, 9.17) is 5.73 Å². The molecule has 9 nitrogen and oxygen atoms in total. The number of aromatic nitrogens is 3. The minimum Gasteiger partial charge on any atom is -0.365 e. The van der Waals surface area contributed by atoms with Crippen LogP contribution in [0, 0.1) is 5.92 Å². The summed E-state index contributed by atoms with van der Waals surface area (Å²) in [7, 11) is 3.46. The number of rotatable bonds is 5. The van der Waals surface area contributed by atoms with Crippen LogP contribution in [0.2, 0.25) is 0 Å². The van der Waals surface area contributed by atoms with Crippen LogP contribution >= 0.6 is 0 Å². The number of aryl methyl sites for hydroxylation is 2. The van der Waals surface area contributed by atoms with Gasteiger partial charge in [-0.2, -0.15) is 4.98 Å². The van der Waals surface area contributed by atoms with Gasteiger partial charge >= 0.3 is 0 Å². The zero-order chi connectivity index (χ0) is 25.6. The van der Waals surface area contributed by atoms with E-state index in [9.17, 15) is 14.4 Å². The first kappa shape index (κ1) is 23.5. The van der Waals surface area contributed by atoms with E-state index in [0.29, 0.717) is 23.3 Å². The van der Waals surface area contributed by atoms with Gasteiger partial charge in [-0.15, -0.1) is 0 Å². The number of primary amides is 1. The smallest absolute Gasteiger partial charge is 0.254 e. The highest BCUT2D eigenvalue weighted by Crippen LogP contribution is 2.27. The van der Waals surface area contributed by atoms with Gasteiger partial charge in [-0.3, -0.25) is 14.4 Å². The molecule has 184 valence electrons. The van der Waals surface area contributed by atoms with Gasteiger partial charge in [-0.1, -0.05) is 19.1 Å². The van der Waals surface area contributed by atoms with Crippen LogP contribution in [-0.2, 0) is 17.6 Å². The van der Waals surface area contributed by atoms with Crippen LogP contribution in [-0.4, -0.2) is 45.3 Å². The third-order valence-electron chi connectivity index (χ3n) is 6.81. The Balaban J connectivity index is 1.60. The maximum Gasteiger partial charge on any atom is 0.254 e. The van der Waals surface area contributed by atoms with E-state index in [1.807, 2.05) is 25.1 Å². The Morgan fingerprint density at radius 3 is 2.72 bits per heavy atom. The molecule has 36 heavy (non-hydrogen) atoms. The molecule has 0 bridgehead atoms.